The molecule has 0 radical (unpaired) electrons. The smallest absolute Gasteiger partial charge is 0.161 e. The number of hydrogen-bond donors (Lipinski definition) is 1. The van der Waals surface area contributed by atoms with Crippen LogP contribution in [0.25, 0.3) is 0 Å². The van der Waals surface area contributed by atoms with E-state index in [4.69, 9.17) is 21.1 Å². The van der Waals surface area contributed by atoms with Crippen LogP contribution < -0.4 is 14.8 Å². The van der Waals surface area contributed by atoms with Gasteiger partial charge in [-0.3, -0.25) is 4.68 Å². The lowest BCUT2D eigenvalue weighted by molar-refractivity contribution is -0.690. The first kappa shape index (κ1) is 17.1. The molecule has 5 nitrogen and oxygen atoms in total. The molecule has 2 aromatic rings. The van der Waals surface area contributed by atoms with Crippen LogP contribution in [0.1, 0.15) is 42.3 Å². The van der Waals surface area contributed by atoms with Crippen LogP contribution in [-0.4, -0.2) is 29.5 Å². The highest BCUT2D eigenvalue weighted by Crippen LogP contribution is 2.38. The Morgan fingerprint density at radius 3 is 2.50 bits per heavy atom. The van der Waals surface area contributed by atoms with Gasteiger partial charge in [0.15, 0.2) is 11.5 Å². The Hall–Kier alpha value is -1.72. The lowest BCUT2D eigenvalue weighted by atomic mass is 9.89. The van der Waals surface area contributed by atoms with Crippen molar-refractivity contribution in [3.05, 3.63) is 39.7 Å². The fourth-order valence-electron chi connectivity index (χ4n) is 3.47. The van der Waals surface area contributed by atoms with Gasteiger partial charge in [-0.2, -0.15) is 5.10 Å². The fraction of sp³-hybridized carbons (Fsp3) is 0.500. The third-order valence-corrected chi connectivity index (χ3v) is 4.91. The summed E-state index contributed by atoms with van der Waals surface area (Å²) in [5, 5.41) is 7.50. The number of rotatable bonds is 5. The van der Waals surface area contributed by atoms with E-state index in [0.29, 0.717) is 18.4 Å². The van der Waals surface area contributed by atoms with Gasteiger partial charge in [-0.05, 0) is 38.5 Å². The Labute approximate surface area is 147 Å². The van der Waals surface area contributed by atoms with E-state index in [1.807, 2.05) is 27.8 Å². The van der Waals surface area contributed by atoms with E-state index < -0.39 is 0 Å². The topological polar surface area (TPSA) is 52.9 Å². The van der Waals surface area contributed by atoms with Gasteiger partial charge >= 0.3 is 0 Å². The Kier molecular flexibility index (Phi) is 5.01. The number of benzene rings is 1. The maximum atomic E-state index is 6.52. The number of hydrogen-bond acceptors (Lipinski definition) is 3. The average molecular weight is 351 g/mol. The number of quaternary nitrogens is 1. The molecule has 2 N–H and O–H groups in total. The molecule has 1 aliphatic heterocycles. The van der Waals surface area contributed by atoms with Crippen molar-refractivity contribution in [1.82, 2.24) is 9.78 Å². The predicted octanol–water partition coefficient (Wildman–Crippen LogP) is 2.39. The molecule has 3 rings (SSSR count). The van der Waals surface area contributed by atoms with E-state index in [9.17, 15) is 0 Å². The van der Waals surface area contributed by atoms with Crippen molar-refractivity contribution >= 4 is 11.6 Å². The van der Waals surface area contributed by atoms with Crippen LogP contribution in [0.5, 0.6) is 11.5 Å². The number of aromatic nitrogens is 2. The Morgan fingerprint density at radius 2 is 1.92 bits per heavy atom. The second-order valence-electron chi connectivity index (χ2n) is 6.03. The minimum absolute atomic E-state index is 0.143. The molecule has 1 aromatic carbocycles. The minimum Gasteiger partial charge on any atom is -0.490 e. The van der Waals surface area contributed by atoms with Crippen molar-refractivity contribution in [1.29, 1.82) is 0 Å². The summed E-state index contributed by atoms with van der Waals surface area (Å²) < 4.78 is 13.3. The van der Waals surface area contributed by atoms with Gasteiger partial charge in [0, 0.05) is 19.0 Å². The van der Waals surface area contributed by atoms with Gasteiger partial charge in [-0.1, -0.05) is 11.6 Å². The van der Waals surface area contributed by atoms with E-state index in [0.717, 1.165) is 35.7 Å². The van der Waals surface area contributed by atoms with Crippen LogP contribution in [-0.2, 0) is 13.5 Å². The molecule has 0 unspecified atom stereocenters. The number of aryl methyl sites for hydroxylation is 2. The van der Waals surface area contributed by atoms with Crippen LogP contribution in [0, 0.1) is 6.92 Å². The molecule has 1 aliphatic rings. The zero-order chi connectivity index (χ0) is 17.3. The number of fused-ring (bicyclic) bond motifs is 1. The lowest BCUT2D eigenvalue weighted by Gasteiger charge is -2.26. The van der Waals surface area contributed by atoms with Gasteiger partial charge in [0.25, 0.3) is 0 Å². The maximum absolute atomic E-state index is 6.52. The summed E-state index contributed by atoms with van der Waals surface area (Å²) in [6, 6.07) is 4.39. The van der Waals surface area contributed by atoms with Crippen LogP contribution in [0.15, 0.2) is 12.1 Å². The fourth-order valence-corrected chi connectivity index (χ4v) is 3.76. The number of ether oxygens (including phenoxy) is 2. The largest absolute Gasteiger partial charge is 0.490 e. The summed E-state index contributed by atoms with van der Waals surface area (Å²) >= 11 is 6.52. The van der Waals surface area contributed by atoms with Crippen molar-refractivity contribution in [3.8, 4) is 11.5 Å². The first-order valence-electron chi connectivity index (χ1n) is 8.51. The zero-order valence-corrected chi connectivity index (χ0v) is 15.5. The first-order valence-corrected chi connectivity index (χ1v) is 8.89. The van der Waals surface area contributed by atoms with E-state index in [1.54, 1.807) is 4.68 Å². The van der Waals surface area contributed by atoms with Crippen molar-refractivity contribution in [2.45, 2.75) is 33.2 Å². The molecule has 0 aliphatic carbocycles. The quantitative estimate of drug-likeness (QED) is 0.900. The third-order valence-electron chi connectivity index (χ3n) is 4.46. The van der Waals surface area contributed by atoms with Gasteiger partial charge in [-0.25, -0.2) is 0 Å². The molecule has 24 heavy (non-hydrogen) atoms. The average Bonchev–Trinajstić information content (AvgIpc) is 2.81. The molecular weight excluding hydrogens is 326 g/mol. The normalized spacial score (nSPS) is 16.8. The summed E-state index contributed by atoms with van der Waals surface area (Å²) in [7, 11) is 1.88. The van der Waals surface area contributed by atoms with Gasteiger partial charge in [0.05, 0.1) is 31.0 Å². The second kappa shape index (κ2) is 7.03. The molecule has 0 fully saturated rings. The van der Waals surface area contributed by atoms with Crippen molar-refractivity contribution < 1.29 is 14.8 Å². The molecule has 0 spiro atoms. The van der Waals surface area contributed by atoms with Crippen molar-refractivity contribution in [2.75, 3.05) is 19.8 Å². The maximum Gasteiger partial charge on any atom is 0.161 e. The first-order chi connectivity index (χ1) is 11.6. The molecule has 1 aromatic heterocycles. The second-order valence-corrected chi connectivity index (χ2v) is 6.39. The number of nitrogens with zero attached hydrogens (tertiary/aromatic N) is 2. The molecular formula is C18H25ClN3O2+. The highest BCUT2D eigenvalue weighted by Gasteiger charge is 2.32. The minimum atomic E-state index is 0.143. The van der Waals surface area contributed by atoms with Crippen LogP contribution in [0.4, 0.5) is 0 Å². The SMILES string of the molecule is CCOc1cc2c(cc1OCC)[C@@H](c1c(C)nn(C)c1Cl)[NH2+]CC2. The van der Waals surface area contributed by atoms with Gasteiger partial charge in [0.2, 0.25) is 0 Å². The molecule has 1 atom stereocenters. The van der Waals surface area contributed by atoms with Crippen molar-refractivity contribution in [2.24, 2.45) is 7.05 Å². The standard InChI is InChI=1S/C18H24ClN3O2/c1-5-23-14-9-12-7-8-20-17(13(12)10-15(14)24-6-2)16-11(3)21-22(4)18(16)19/h9-10,17,20H,5-8H2,1-4H3/p+1/t17-/m0/s1. The molecule has 0 amide bonds. The van der Waals surface area contributed by atoms with E-state index in [2.05, 4.69) is 22.5 Å². The predicted molar refractivity (Wildman–Crippen MR) is 94.1 cm³/mol. The summed E-state index contributed by atoms with van der Waals surface area (Å²) in [6.07, 6.45) is 1.01. The lowest BCUT2D eigenvalue weighted by Crippen LogP contribution is -2.87. The van der Waals surface area contributed by atoms with E-state index in [1.165, 1.54) is 11.1 Å². The Balaban J connectivity index is 2.10. The van der Waals surface area contributed by atoms with E-state index >= 15 is 0 Å². The molecule has 130 valence electrons. The van der Waals surface area contributed by atoms with Crippen molar-refractivity contribution in [3.63, 3.8) is 0 Å². The summed E-state index contributed by atoms with van der Waals surface area (Å²) in [6.45, 7) is 8.25. The molecule has 0 saturated heterocycles. The van der Waals surface area contributed by atoms with Crippen LogP contribution in [0.2, 0.25) is 5.15 Å². The van der Waals surface area contributed by atoms with Gasteiger partial charge in [0.1, 0.15) is 11.2 Å². The number of halogens is 1. The highest BCUT2D eigenvalue weighted by molar-refractivity contribution is 6.30. The van der Waals surface area contributed by atoms with Crippen LogP contribution in [0.3, 0.4) is 0 Å². The highest BCUT2D eigenvalue weighted by atomic mass is 35.5. The molecule has 0 bridgehead atoms. The Morgan fingerprint density at radius 1 is 1.25 bits per heavy atom. The van der Waals surface area contributed by atoms with E-state index in [-0.39, 0.29) is 6.04 Å². The zero-order valence-electron chi connectivity index (χ0n) is 14.7. The number of nitrogens with two attached hydrogens (primary N) is 1. The monoisotopic (exact) mass is 350 g/mol. The van der Waals surface area contributed by atoms with Crippen LogP contribution >= 0.6 is 11.6 Å². The molecule has 6 heteroatoms. The summed E-state index contributed by atoms with van der Waals surface area (Å²) in [5.74, 6) is 1.63. The molecule has 0 saturated carbocycles. The van der Waals surface area contributed by atoms with Gasteiger partial charge < -0.3 is 14.8 Å². The molecule has 2 heterocycles. The summed E-state index contributed by atoms with van der Waals surface area (Å²) in [4.78, 5) is 0. The third kappa shape index (κ3) is 2.98. The Bertz CT molecular complexity index is 742. The van der Waals surface area contributed by atoms with Gasteiger partial charge in [-0.15, -0.1) is 0 Å². The summed E-state index contributed by atoms with van der Waals surface area (Å²) in [5.41, 5.74) is 4.61.